The van der Waals surface area contributed by atoms with E-state index in [0.29, 0.717) is 16.1 Å². The Morgan fingerprint density at radius 2 is 2.11 bits per heavy atom. The summed E-state index contributed by atoms with van der Waals surface area (Å²) in [4.78, 5) is 12.3. The number of aryl methyl sites for hydroxylation is 1. The minimum absolute atomic E-state index is 0.0194. The molecule has 3 nitrogen and oxygen atoms in total. The lowest BCUT2D eigenvalue weighted by Crippen LogP contribution is -2.19. The second kappa shape index (κ2) is 5.59. The first kappa shape index (κ1) is 13.8. The third kappa shape index (κ3) is 3.25. The molecular formula is C15H17ClN2O. The molecule has 0 radical (unpaired) electrons. The quantitative estimate of drug-likeness (QED) is 0.873. The van der Waals surface area contributed by atoms with E-state index in [9.17, 15) is 4.79 Å². The monoisotopic (exact) mass is 276 g/mol. The van der Waals surface area contributed by atoms with Gasteiger partial charge in [0.05, 0.1) is 0 Å². The van der Waals surface area contributed by atoms with Gasteiger partial charge in [-0.05, 0) is 25.1 Å². The summed E-state index contributed by atoms with van der Waals surface area (Å²) in [6.07, 6.45) is 2.58. The normalized spacial score (nSPS) is 12.4. The van der Waals surface area contributed by atoms with Crippen molar-refractivity contribution in [1.29, 1.82) is 0 Å². The molecule has 2 rings (SSSR count). The molecule has 19 heavy (non-hydrogen) atoms. The first-order valence-electron chi connectivity index (χ1n) is 6.18. The van der Waals surface area contributed by atoms with Gasteiger partial charge in [-0.2, -0.15) is 0 Å². The number of halogens is 1. The van der Waals surface area contributed by atoms with Crippen LogP contribution in [0.2, 0.25) is 5.02 Å². The number of carbonyl (C=O) groups is 1. The Morgan fingerprint density at radius 1 is 1.37 bits per heavy atom. The van der Waals surface area contributed by atoms with Crippen LogP contribution in [0, 0.1) is 0 Å². The Morgan fingerprint density at radius 3 is 2.74 bits per heavy atom. The van der Waals surface area contributed by atoms with Gasteiger partial charge >= 0.3 is 0 Å². The van der Waals surface area contributed by atoms with E-state index in [0.717, 1.165) is 12.1 Å². The number of nitrogens with zero attached hydrogens (tertiary/aromatic N) is 1. The van der Waals surface area contributed by atoms with Gasteiger partial charge in [0.25, 0.3) is 0 Å². The summed E-state index contributed by atoms with van der Waals surface area (Å²) in [5.41, 5.74) is 8.12. The summed E-state index contributed by atoms with van der Waals surface area (Å²) in [7, 11) is 1.92. The van der Waals surface area contributed by atoms with Crippen LogP contribution in [-0.4, -0.2) is 16.4 Å². The van der Waals surface area contributed by atoms with E-state index in [4.69, 9.17) is 17.3 Å². The number of rotatable bonds is 4. The summed E-state index contributed by atoms with van der Waals surface area (Å²) in [5, 5.41) is 0.567. The maximum atomic E-state index is 12.3. The Kier molecular flexibility index (Phi) is 4.08. The number of hydrogen-bond acceptors (Lipinski definition) is 2. The number of ketones is 1. The lowest BCUT2D eigenvalue weighted by Gasteiger charge is -2.05. The van der Waals surface area contributed by atoms with E-state index in [1.807, 2.05) is 30.8 Å². The molecule has 1 heterocycles. The maximum absolute atomic E-state index is 12.3. The molecule has 2 aromatic rings. The van der Waals surface area contributed by atoms with E-state index in [2.05, 4.69) is 0 Å². The minimum atomic E-state index is -0.0194. The zero-order valence-corrected chi connectivity index (χ0v) is 11.8. The van der Waals surface area contributed by atoms with Gasteiger partial charge in [0.15, 0.2) is 5.78 Å². The van der Waals surface area contributed by atoms with Crippen LogP contribution >= 0.6 is 11.6 Å². The van der Waals surface area contributed by atoms with Crippen molar-refractivity contribution in [2.75, 3.05) is 0 Å². The Hall–Kier alpha value is -1.58. The van der Waals surface area contributed by atoms with E-state index >= 15 is 0 Å². The zero-order valence-electron chi connectivity index (χ0n) is 11.1. The van der Waals surface area contributed by atoms with E-state index in [1.165, 1.54) is 0 Å². The highest BCUT2D eigenvalue weighted by atomic mass is 35.5. The van der Waals surface area contributed by atoms with Crippen LogP contribution in [0.5, 0.6) is 0 Å². The maximum Gasteiger partial charge on any atom is 0.194 e. The average molecular weight is 277 g/mol. The van der Waals surface area contributed by atoms with E-state index < -0.39 is 0 Å². The number of benzene rings is 1. The predicted molar refractivity (Wildman–Crippen MR) is 77.7 cm³/mol. The van der Waals surface area contributed by atoms with Crippen LogP contribution in [0.3, 0.4) is 0 Å². The van der Waals surface area contributed by atoms with Gasteiger partial charge in [0.2, 0.25) is 0 Å². The molecule has 0 saturated carbocycles. The molecular weight excluding hydrogens is 260 g/mol. The smallest absolute Gasteiger partial charge is 0.194 e. The molecule has 0 amide bonds. The molecule has 1 aromatic heterocycles. The zero-order chi connectivity index (χ0) is 14.0. The summed E-state index contributed by atoms with van der Waals surface area (Å²) >= 11 is 5.91. The minimum Gasteiger partial charge on any atom is -0.354 e. The number of hydrogen-bond donors (Lipinski definition) is 1. The van der Waals surface area contributed by atoms with Gasteiger partial charge in [-0.15, -0.1) is 0 Å². The highest BCUT2D eigenvalue weighted by Gasteiger charge is 2.13. The number of carbonyl (C=O) groups excluding carboxylic acids is 1. The van der Waals surface area contributed by atoms with Crippen molar-refractivity contribution in [3.05, 3.63) is 58.4 Å². The van der Waals surface area contributed by atoms with Gasteiger partial charge in [-0.25, -0.2) is 0 Å². The highest BCUT2D eigenvalue weighted by Crippen LogP contribution is 2.17. The fourth-order valence-electron chi connectivity index (χ4n) is 2.06. The SMILES string of the molecule is CC(N)Cc1cc(C(=O)c2cccc(Cl)c2)cn1C. The third-order valence-corrected chi connectivity index (χ3v) is 3.22. The largest absolute Gasteiger partial charge is 0.354 e. The van der Waals surface area contributed by atoms with Crippen LogP contribution < -0.4 is 5.73 Å². The molecule has 0 spiro atoms. The van der Waals surface area contributed by atoms with Crippen molar-refractivity contribution < 1.29 is 4.79 Å². The first-order chi connectivity index (χ1) is 8.97. The van der Waals surface area contributed by atoms with Crippen molar-refractivity contribution in [3.63, 3.8) is 0 Å². The Balaban J connectivity index is 2.29. The molecule has 0 aliphatic rings. The third-order valence-electron chi connectivity index (χ3n) is 2.99. The molecule has 0 bridgehead atoms. The van der Waals surface area contributed by atoms with E-state index in [1.54, 1.807) is 24.3 Å². The average Bonchev–Trinajstić information content (AvgIpc) is 2.69. The molecule has 2 N–H and O–H groups in total. The number of aromatic nitrogens is 1. The van der Waals surface area contributed by atoms with E-state index in [-0.39, 0.29) is 11.8 Å². The van der Waals surface area contributed by atoms with Crippen molar-refractivity contribution in [2.45, 2.75) is 19.4 Å². The summed E-state index contributed by atoms with van der Waals surface area (Å²) in [6, 6.07) is 8.95. The van der Waals surface area contributed by atoms with Crippen LogP contribution in [-0.2, 0) is 13.5 Å². The number of nitrogens with two attached hydrogens (primary N) is 1. The molecule has 0 aliphatic carbocycles. The Labute approximate surface area is 118 Å². The van der Waals surface area contributed by atoms with Gasteiger partial charge in [-0.1, -0.05) is 23.7 Å². The molecule has 1 unspecified atom stereocenters. The van der Waals surface area contributed by atoms with Crippen molar-refractivity contribution >= 4 is 17.4 Å². The molecule has 4 heteroatoms. The molecule has 1 atom stereocenters. The molecule has 0 aliphatic heterocycles. The Bertz CT molecular complexity index is 602. The molecule has 100 valence electrons. The fourth-order valence-corrected chi connectivity index (χ4v) is 2.25. The van der Waals surface area contributed by atoms with Crippen molar-refractivity contribution in [1.82, 2.24) is 4.57 Å². The van der Waals surface area contributed by atoms with Crippen molar-refractivity contribution in [2.24, 2.45) is 12.8 Å². The first-order valence-corrected chi connectivity index (χ1v) is 6.56. The summed E-state index contributed by atoms with van der Waals surface area (Å²) in [6.45, 7) is 1.95. The van der Waals surface area contributed by atoms with Gasteiger partial charge < -0.3 is 10.3 Å². The topological polar surface area (TPSA) is 48.0 Å². The second-order valence-electron chi connectivity index (χ2n) is 4.85. The van der Waals surface area contributed by atoms with Crippen molar-refractivity contribution in [3.8, 4) is 0 Å². The van der Waals surface area contributed by atoms with Crippen LogP contribution in [0.4, 0.5) is 0 Å². The molecule has 0 saturated heterocycles. The summed E-state index contributed by atoms with van der Waals surface area (Å²) in [5.74, 6) is -0.0194. The van der Waals surface area contributed by atoms with Crippen LogP contribution in [0.15, 0.2) is 36.5 Å². The standard InChI is InChI=1S/C15H17ClN2O/c1-10(17)6-14-8-12(9-18(14)2)15(19)11-4-3-5-13(16)7-11/h3-5,7-10H,6,17H2,1-2H3. The van der Waals surface area contributed by atoms with Gasteiger partial charge in [-0.3, -0.25) is 4.79 Å². The fraction of sp³-hybridized carbons (Fsp3) is 0.267. The lowest BCUT2D eigenvalue weighted by atomic mass is 10.1. The summed E-state index contributed by atoms with van der Waals surface area (Å²) < 4.78 is 1.95. The lowest BCUT2D eigenvalue weighted by molar-refractivity contribution is 0.103. The highest BCUT2D eigenvalue weighted by molar-refractivity contribution is 6.31. The van der Waals surface area contributed by atoms with Gasteiger partial charge in [0.1, 0.15) is 0 Å². The van der Waals surface area contributed by atoms with Gasteiger partial charge in [0, 0.05) is 47.6 Å². The predicted octanol–water partition coefficient (Wildman–Crippen LogP) is 2.80. The second-order valence-corrected chi connectivity index (χ2v) is 5.29. The molecule has 1 aromatic carbocycles. The molecule has 0 fully saturated rings. The van der Waals surface area contributed by atoms with Crippen LogP contribution in [0.1, 0.15) is 28.5 Å². The van der Waals surface area contributed by atoms with Crippen LogP contribution in [0.25, 0.3) is 0 Å².